The summed E-state index contributed by atoms with van der Waals surface area (Å²) in [5.41, 5.74) is 11.5. The van der Waals surface area contributed by atoms with E-state index in [1.54, 1.807) is 23.8 Å². The van der Waals surface area contributed by atoms with Gasteiger partial charge in [0.2, 0.25) is 11.8 Å². The number of fused-ring (bicyclic) bond motifs is 1. The zero-order valence-electron chi connectivity index (χ0n) is 21.8. The number of rotatable bonds is 9. The molecule has 1 saturated heterocycles. The van der Waals surface area contributed by atoms with Gasteiger partial charge in [-0.05, 0) is 67.9 Å². The number of amides is 2. The van der Waals surface area contributed by atoms with Gasteiger partial charge in [0.25, 0.3) is 0 Å². The Kier molecular flexibility index (Phi) is 7.53. The molecule has 1 unspecified atom stereocenters. The molecule has 0 radical (unpaired) electrons. The van der Waals surface area contributed by atoms with Crippen molar-refractivity contribution in [3.05, 3.63) is 101 Å². The quantitative estimate of drug-likeness (QED) is 0.225. The second kappa shape index (κ2) is 11.2. The standard InChI is InChI=1S/C30H31N5O4/c1-20-14-21(24-7-2-3-8-27(24)33-20)18-39-23-9-10-25(29(31)37)26(15-23)30(16-28(36)34-38)11-13-35(19-30)17-22-6-4-5-12-32-22/h2-10,12,14-15,38H,11,13,16-19H2,1H3,(H2,31,37)(H,34,36). The molecule has 39 heavy (non-hydrogen) atoms. The first-order valence-corrected chi connectivity index (χ1v) is 12.8. The molecule has 0 bridgehead atoms. The Labute approximate surface area is 226 Å². The van der Waals surface area contributed by atoms with Crippen LogP contribution in [0, 0.1) is 6.92 Å². The molecule has 0 saturated carbocycles. The van der Waals surface area contributed by atoms with Gasteiger partial charge in [-0.15, -0.1) is 0 Å². The van der Waals surface area contributed by atoms with Crippen LogP contribution in [-0.4, -0.2) is 45.0 Å². The third kappa shape index (κ3) is 5.74. The SMILES string of the molecule is Cc1cc(COc2ccc(C(N)=O)c(C3(CC(=O)NO)CCN(Cc4ccccn4)C3)c2)c2ccccc2n1. The van der Waals surface area contributed by atoms with Crippen LogP contribution in [0.2, 0.25) is 0 Å². The Morgan fingerprint density at radius 3 is 2.72 bits per heavy atom. The lowest BCUT2D eigenvalue weighted by Gasteiger charge is -2.31. The van der Waals surface area contributed by atoms with Crippen molar-refractivity contribution in [2.75, 3.05) is 13.1 Å². The average molecular weight is 526 g/mol. The van der Waals surface area contributed by atoms with Crippen molar-refractivity contribution in [2.45, 2.75) is 38.3 Å². The van der Waals surface area contributed by atoms with Crippen LogP contribution in [0.4, 0.5) is 0 Å². The molecule has 5 rings (SSSR count). The number of para-hydroxylation sites is 1. The molecule has 200 valence electrons. The minimum Gasteiger partial charge on any atom is -0.489 e. The summed E-state index contributed by atoms with van der Waals surface area (Å²) in [4.78, 5) is 36.2. The normalized spacial score (nSPS) is 17.3. The smallest absolute Gasteiger partial charge is 0.249 e. The molecule has 4 aromatic rings. The van der Waals surface area contributed by atoms with E-state index in [2.05, 4.69) is 14.9 Å². The Bertz CT molecular complexity index is 1510. The first-order chi connectivity index (χ1) is 18.9. The fourth-order valence-corrected chi connectivity index (χ4v) is 5.56. The molecular weight excluding hydrogens is 494 g/mol. The van der Waals surface area contributed by atoms with Gasteiger partial charge in [-0.25, -0.2) is 5.48 Å². The zero-order chi connectivity index (χ0) is 27.4. The maximum Gasteiger partial charge on any atom is 0.249 e. The summed E-state index contributed by atoms with van der Waals surface area (Å²) < 4.78 is 6.24. The molecule has 1 fully saturated rings. The number of nitrogens with zero attached hydrogens (tertiary/aromatic N) is 3. The van der Waals surface area contributed by atoms with Gasteiger partial charge in [-0.1, -0.05) is 24.3 Å². The number of hydrogen-bond acceptors (Lipinski definition) is 7. The van der Waals surface area contributed by atoms with Gasteiger partial charge in [-0.2, -0.15) is 0 Å². The molecule has 4 N–H and O–H groups in total. The number of hydroxylamine groups is 1. The molecule has 2 aromatic heterocycles. The molecule has 1 atom stereocenters. The lowest BCUT2D eigenvalue weighted by molar-refractivity contribution is -0.130. The summed E-state index contributed by atoms with van der Waals surface area (Å²) >= 11 is 0. The Morgan fingerprint density at radius 1 is 1.13 bits per heavy atom. The highest BCUT2D eigenvalue weighted by Crippen LogP contribution is 2.41. The fourth-order valence-electron chi connectivity index (χ4n) is 5.56. The van der Waals surface area contributed by atoms with Crippen molar-refractivity contribution >= 4 is 22.7 Å². The number of nitrogens with one attached hydrogen (secondary N) is 1. The van der Waals surface area contributed by atoms with Gasteiger partial charge in [-0.3, -0.25) is 29.7 Å². The lowest BCUT2D eigenvalue weighted by atomic mass is 9.74. The van der Waals surface area contributed by atoms with Gasteiger partial charge in [0, 0.05) is 53.3 Å². The number of hydrogen-bond donors (Lipinski definition) is 3. The molecule has 1 aliphatic rings. The van der Waals surface area contributed by atoms with Gasteiger partial charge in [0.1, 0.15) is 12.4 Å². The summed E-state index contributed by atoms with van der Waals surface area (Å²) in [6, 6.07) is 20.8. The van der Waals surface area contributed by atoms with E-state index in [1.165, 1.54) is 0 Å². The molecule has 1 aliphatic heterocycles. The van der Waals surface area contributed by atoms with E-state index in [0.717, 1.165) is 27.9 Å². The molecule has 0 aliphatic carbocycles. The van der Waals surface area contributed by atoms with Crippen LogP contribution >= 0.6 is 0 Å². The Balaban J connectivity index is 1.47. The third-order valence-electron chi connectivity index (χ3n) is 7.32. The summed E-state index contributed by atoms with van der Waals surface area (Å²) in [6.07, 6.45) is 2.32. The van der Waals surface area contributed by atoms with E-state index in [4.69, 9.17) is 10.5 Å². The number of nitrogens with two attached hydrogens (primary N) is 1. The van der Waals surface area contributed by atoms with Gasteiger partial charge >= 0.3 is 0 Å². The predicted octanol–water partition coefficient (Wildman–Crippen LogP) is 3.66. The number of primary amides is 1. The summed E-state index contributed by atoms with van der Waals surface area (Å²) in [5, 5.41) is 10.4. The van der Waals surface area contributed by atoms with E-state index in [-0.39, 0.29) is 6.42 Å². The van der Waals surface area contributed by atoms with Crippen molar-refractivity contribution in [1.29, 1.82) is 0 Å². The summed E-state index contributed by atoms with van der Waals surface area (Å²) in [5.74, 6) is -0.560. The maximum atomic E-state index is 12.5. The zero-order valence-corrected chi connectivity index (χ0v) is 21.8. The second-order valence-electron chi connectivity index (χ2n) is 10.1. The first-order valence-electron chi connectivity index (χ1n) is 12.8. The fraction of sp³-hybridized carbons (Fsp3) is 0.267. The maximum absolute atomic E-state index is 12.5. The van der Waals surface area contributed by atoms with E-state index in [0.29, 0.717) is 49.5 Å². The first kappa shape index (κ1) is 26.3. The van der Waals surface area contributed by atoms with Crippen LogP contribution < -0.4 is 16.0 Å². The number of aromatic nitrogens is 2. The number of aryl methyl sites for hydroxylation is 1. The lowest BCUT2D eigenvalue weighted by Crippen LogP contribution is -2.38. The number of pyridine rings is 2. The van der Waals surface area contributed by atoms with Crippen LogP contribution in [-0.2, 0) is 23.4 Å². The molecule has 0 spiro atoms. The number of carbonyl (C=O) groups is 2. The minimum atomic E-state index is -0.759. The Morgan fingerprint density at radius 2 is 1.95 bits per heavy atom. The van der Waals surface area contributed by atoms with Gasteiger partial charge in [0.15, 0.2) is 0 Å². The highest BCUT2D eigenvalue weighted by molar-refractivity contribution is 5.95. The van der Waals surface area contributed by atoms with Crippen molar-refractivity contribution in [3.8, 4) is 5.75 Å². The van der Waals surface area contributed by atoms with Crippen molar-refractivity contribution in [1.82, 2.24) is 20.3 Å². The molecule has 9 nitrogen and oxygen atoms in total. The molecular formula is C30H31N5O4. The van der Waals surface area contributed by atoms with Crippen molar-refractivity contribution in [3.63, 3.8) is 0 Å². The van der Waals surface area contributed by atoms with Gasteiger partial charge < -0.3 is 10.5 Å². The topological polar surface area (TPSA) is 131 Å². The minimum absolute atomic E-state index is 0.0138. The molecule has 2 amide bonds. The van der Waals surface area contributed by atoms with Crippen LogP contribution in [0.1, 0.15) is 45.7 Å². The highest BCUT2D eigenvalue weighted by Gasteiger charge is 2.43. The average Bonchev–Trinajstić information content (AvgIpc) is 3.34. The summed E-state index contributed by atoms with van der Waals surface area (Å²) in [7, 11) is 0. The van der Waals surface area contributed by atoms with Crippen LogP contribution in [0.25, 0.3) is 10.9 Å². The van der Waals surface area contributed by atoms with Crippen LogP contribution in [0.3, 0.4) is 0 Å². The predicted molar refractivity (Wildman–Crippen MR) is 146 cm³/mol. The number of ether oxygens (including phenoxy) is 1. The molecule has 3 heterocycles. The number of carbonyl (C=O) groups excluding carboxylic acids is 2. The highest BCUT2D eigenvalue weighted by atomic mass is 16.5. The largest absolute Gasteiger partial charge is 0.489 e. The Hall–Kier alpha value is -4.34. The van der Waals surface area contributed by atoms with Crippen LogP contribution in [0.15, 0.2) is 72.9 Å². The van der Waals surface area contributed by atoms with Crippen LogP contribution in [0.5, 0.6) is 5.75 Å². The van der Waals surface area contributed by atoms with E-state index >= 15 is 0 Å². The second-order valence-corrected chi connectivity index (χ2v) is 10.1. The van der Waals surface area contributed by atoms with Gasteiger partial charge in [0.05, 0.1) is 11.2 Å². The number of likely N-dealkylation sites (tertiary alicyclic amines) is 1. The monoisotopic (exact) mass is 525 g/mol. The van der Waals surface area contributed by atoms with E-state index in [1.807, 2.05) is 61.5 Å². The van der Waals surface area contributed by atoms with E-state index in [9.17, 15) is 14.8 Å². The van der Waals surface area contributed by atoms with Crippen molar-refractivity contribution < 1.29 is 19.5 Å². The van der Waals surface area contributed by atoms with E-state index < -0.39 is 17.2 Å². The third-order valence-corrected chi connectivity index (χ3v) is 7.32. The molecule has 9 heteroatoms. The molecule has 2 aromatic carbocycles. The summed E-state index contributed by atoms with van der Waals surface area (Å²) in [6.45, 7) is 4.01. The van der Waals surface area contributed by atoms with Crippen molar-refractivity contribution in [2.24, 2.45) is 5.73 Å². The number of benzene rings is 2.